The predicted molar refractivity (Wildman–Crippen MR) is 84.3 cm³/mol. The molecule has 0 spiro atoms. The fourth-order valence-electron chi connectivity index (χ4n) is 3.49. The van der Waals surface area contributed by atoms with Crippen molar-refractivity contribution < 1.29 is 13.9 Å². The van der Waals surface area contributed by atoms with Crippen molar-refractivity contribution in [2.24, 2.45) is 5.92 Å². The van der Waals surface area contributed by atoms with Crippen molar-refractivity contribution in [1.29, 1.82) is 0 Å². The number of ether oxygens (including phenoxy) is 1. The Hall–Kier alpha value is -2.28. The number of halogens is 1. The molecule has 1 aromatic heterocycles. The van der Waals surface area contributed by atoms with Gasteiger partial charge in [0.25, 0.3) is 5.91 Å². The molecule has 0 N–H and O–H groups in total. The van der Waals surface area contributed by atoms with Crippen molar-refractivity contribution in [2.45, 2.75) is 25.4 Å². The van der Waals surface area contributed by atoms with Crippen LogP contribution in [-0.4, -0.2) is 51.6 Å². The third kappa shape index (κ3) is 2.91. The maximum absolute atomic E-state index is 13.0. The highest BCUT2D eigenvalue weighted by atomic mass is 19.1. The number of carbonyl (C=O) groups is 1. The molecular weight excluding hydrogens is 311 g/mol. The molecule has 7 heteroatoms. The summed E-state index contributed by atoms with van der Waals surface area (Å²) in [6.45, 7) is 2.23. The first kappa shape index (κ1) is 15.3. The van der Waals surface area contributed by atoms with Crippen molar-refractivity contribution >= 4 is 5.91 Å². The Bertz CT molecular complexity index is 730. The summed E-state index contributed by atoms with van der Waals surface area (Å²) in [6, 6.07) is 5.84. The van der Waals surface area contributed by atoms with Crippen LogP contribution in [0.15, 0.2) is 30.5 Å². The summed E-state index contributed by atoms with van der Waals surface area (Å²) in [6.07, 6.45) is 4.80. The molecule has 2 saturated heterocycles. The van der Waals surface area contributed by atoms with E-state index in [0.29, 0.717) is 30.4 Å². The predicted octanol–water partition coefficient (Wildman–Crippen LogP) is 2.05. The van der Waals surface area contributed by atoms with Crippen LogP contribution in [0.1, 0.15) is 29.8 Å². The van der Waals surface area contributed by atoms with Gasteiger partial charge in [-0.15, -0.1) is 5.10 Å². The quantitative estimate of drug-likeness (QED) is 0.845. The highest BCUT2D eigenvalue weighted by Crippen LogP contribution is 2.28. The van der Waals surface area contributed by atoms with E-state index in [1.807, 2.05) is 4.90 Å². The summed E-state index contributed by atoms with van der Waals surface area (Å²) >= 11 is 0. The summed E-state index contributed by atoms with van der Waals surface area (Å²) in [5, 5.41) is 8.37. The molecule has 2 atom stereocenters. The molecule has 0 bridgehead atoms. The zero-order valence-corrected chi connectivity index (χ0v) is 13.3. The van der Waals surface area contributed by atoms with E-state index in [4.69, 9.17) is 4.74 Å². The fraction of sp³-hybridized carbons (Fsp3) is 0.471. The highest BCUT2D eigenvalue weighted by Gasteiger charge is 2.34. The third-order valence-electron chi connectivity index (χ3n) is 4.77. The Morgan fingerprint density at radius 1 is 1.25 bits per heavy atom. The maximum atomic E-state index is 13.0. The monoisotopic (exact) mass is 330 g/mol. The molecule has 3 heterocycles. The van der Waals surface area contributed by atoms with Gasteiger partial charge in [0.2, 0.25) is 0 Å². The lowest BCUT2D eigenvalue weighted by molar-refractivity contribution is -0.0607. The van der Waals surface area contributed by atoms with Crippen molar-refractivity contribution in [2.75, 3.05) is 19.7 Å². The molecule has 4 rings (SSSR count). The maximum Gasteiger partial charge on any atom is 0.276 e. The average Bonchev–Trinajstić information content (AvgIpc) is 3.11. The lowest BCUT2D eigenvalue weighted by Crippen LogP contribution is -2.48. The molecule has 2 aliphatic heterocycles. The fourth-order valence-corrected chi connectivity index (χ4v) is 3.49. The third-order valence-corrected chi connectivity index (χ3v) is 4.77. The van der Waals surface area contributed by atoms with Crippen LogP contribution in [-0.2, 0) is 4.74 Å². The van der Waals surface area contributed by atoms with Crippen LogP contribution in [0.3, 0.4) is 0 Å². The molecule has 2 aliphatic rings. The van der Waals surface area contributed by atoms with Gasteiger partial charge in [-0.2, -0.15) is 9.90 Å². The molecule has 6 nitrogen and oxygen atoms in total. The molecule has 0 unspecified atom stereocenters. The first-order chi connectivity index (χ1) is 11.7. The van der Waals surface area contributed by atoms with Gasteiger partial charge in [-0.3, -0.25) is 4.79 Å². The normalized spacial score (nSPS) is 23.8. The molecule has 0 saturated carbocycles. The first-order valence-electron chi connectivity index (χ1n) is 8.30. The van der Waals surface area contributed by atoms with Crippen LogP contribution < -0.4 is 0 Å². The summed E-state index contributed by atoms with van der Waals surface area (Å²) < 4.78 is 18.8. The minimum absolute atomic E-state index is 0.104. The highest BCUT2D eigenvalue weighted by molar-refractivity contribution is 5.92. The van der Waals surface area contributed by atoms with E-state index in [9.17, 15) is 9.18 Å². The molecule has 0 radical (unpaired) electrons. The second-order valence-electron chi connectivity index (χ2n) is 6.35. The molecule has 2 fully saturated rings. The van der Waals surface area contributed by atoms with E-state index in [-0.39, 0.29) is 17.8 Å². The number of hydrogen-bond donors (Lipinski definition) is 0. The molecule has 1 aromatic carbocycles. The van der Waals surface area contributed by atoms with Crippen LogP contribution in [0.25, 0.3) is 5.69 Å². The van der Waals surface area contributed by atoms with Gasteiger partial charge in [-0.1, -0.05) is 0 Å². The van der Waals surface area contributed by atoms with Gasteiger partial charge >= 0.3 is 0 Å². The second kappa shape index (κ2) is 6.32. The first-order valence-corrected chi connectivity index (χ1v) is 8.30. The van der Waals surface area contributed by atoms with Crippen molar-refractivity contribution in [3.8, 4) is 5.69 Å². The largest absolute Gasteiger partial charge is 0.378 e. The van der Waals surface area contributed by atoms with Crippen molar-refractivity contribution in [3.05, 3.63) is 42.0 Å². The Morgan fingerprint density at radius 3 is 2.92 bits per heavy atom. The summed E-state index contributed by atoms with van der Waals surface area (Å²) in [7, 11) is 0. The Balaban J connectivity index is 1.48. The number of amides is 1. The van der Waals surface area contributed by atoms with Crippen LogP contribution in [0.5, 0.6) is 0 Å². The van der Waals surface area contributed by atoms with Crippen molar-refractivity contribution in [3.63, 3.8) is 0 Å². The number of rotatable bonds is 2. The summed E-state index contributed by atoms with van der Waals surface area (Å²) in [5.41, 5.74) is 0.935. The lowest BCUT2D eigenvalue weighted by atomic mass is 9.88. The molecule has 24 heavy (non-hydrogen) atoms. The lowest BCUT2D eigenvalue weighted by Gasteiger charge is -2.40. The number of likely N-dealkylation sites (tertiary alicyclic amines) is 1. The molecule has 2 aromatic rings. The van der Waals surface area contributed by atoms with Crippen molar-refractivity contribution in [1.82, 2.24) is 19.9 Å². The topological polar surface area (TPSA) is 60.2 Å². The zero-order valence-electron chi connectivity index (χ0n) is 13.3. The number of carbonyl (C=O) groups excluding carboxylic acids is 1. The van der Waals surface area contributed by atoms with Crippen LogP contribution in [0.2, 0.25) is 0 Å². The van der Waals surface area contributed by atoms with E-state index in [1.54, 1.807) is 12.1 Å². The van der Waals surface area contributed by atoms with Gasteiger partial charge in [-0.25, -0.2) is 4.39 Å². The molecule has 126 valence electrons. The molecule has 1 amide bonds. The number of aromatic nitrogens is 3. The van der Waals surface area contributed by atoms with E-state index >= 15 is 0 Å². The second-order valence-corrected chi connectivity index (χ2v) is 6.35. The Morgan fingerprint density at radius 2 is 2.08 bits per heavy atom. The van der Waals surface area contributed by atoms with Gasteiger partial charge in [-0.05, 0) is 43.5 Å². The molecular formula is C17H19FN4O2. The van der Waals surface area contributed by atoms with E-state index in [0.717, 1.165) is 25.9 Å². The summed E-state index contributed by atoms with van der Waals surface area (Å²) in [4.78, 5) is 15.9. The smallest absolute Gasteiger partial charge is 0.276 e. The van der Waals surface area contributed by atoms with E-state index in [1.165, 1.54) is 23.1 Å². The number of fused-ring (bicyclic) bond motifs is 1. The number of benzene rings is 1. The number of nitrogens with zero attached hydrogens (tertiary/aromatic N) is 4. The van der Waals surface area contributed by atoms with Crippen LogP contribution in [0, 0.1) is 11.7 Å². The standard InChI is InChI=1S/C17H19FN4O2/c18-13-3-5-14(6-4-13)22-19-10-15(20-22)17(23)21-8-7-16-12(11-21)2-1-9-24-16/h3-6,10,12,16H,1-2,7-9,11H2/t12-,16+/m0/s1. The van der Waals surface area contributed by atoms with Crippen LogP contribution >= 0.6 is 0 Å². The van der Waals surface area contributed by atoms with Gasteiger partial charge < -0.3 is 9.64 Å². The SMILES string of the molecule is O=C(c1cnn(-c2ccc(F)cc2)n1)N1CC[C@H]2OCCC[C@H]2C1. The van der Waals surface area contributed by atoms with Gasteiger partial charge in [0.15, 0.2) is 5.69 Å². The number of hydrogen-bond acceptors (Lipinski definition) is 4. The van der Waals surface area contributed by atoms with E-state index in [2.05, 4.69) is 10.2 Å². The van der Waals surface area contributed by atoms with Gasteiger partial charge in [0.1, 0.15) is 5.82 Å². The van der Waals surface area contributed by atoms with Gasteiger partial charge in [0, 0.05) is 25.6 Å². The zero-order chi connectivity index (χ0) is 16.5. The van der Waals surface area contributed by atoms with E-state index < -0.39 is 0 Å². The minimum atomic E-state index is -0.320. The minimum Gasteiger partial charge on any atom is -0.378 e. The van der Waals surface area contributed by atoms with Gasteiger partial charge in [0.05, 0.1) is 18.0 Å². The Kier molecular flexibility index (Phi) is 4.02. The average molecular weight is 330 g/mol. The number of piperidine rings is 1. The Labute approximate surface area is 139 Å². The molecule has 0 aliphatic carbocycles. The summed E-state index contributed by atoms with van der Waals surface area (Å²) in [5.74, 6) is -0.00393. The van der Waals surface area contributed by atoms with Crippen LogP contribution in [0.4, 0.5) is 4.39 Å².